The molecule has 2 fully saturated rings. The van der Waals surface area contributed by atoms with E-state index in [4.69, 9.17) is 9.47 Å². The fourth-order valence-corrected chi connectivity index (χ4v) is 3.07. The molecule has 0 aliphatic carbocycles. The Morgan fingerprint density at radius 3 is 2.79 bits per heavy atom. The van der Waals surface area contributed by atoms with E-state index in [0.717, 1.165) is 5.56 Å². The molecule has 2 heterocycles. The molecule has 1 unspecified atom stereocenters. The molecule has 0 spiro atoms. The molecule has 2 atom stereocenters. The number of amides is 1. The number of esters is 1. The van der Waals surface area contributed by atoms with Crippen LogP contribution in [0.25, 0.3) is 0 Å². The molecule has 2 aliphatic heterocycles. The second kappa shape index (κ2) is 6.31. The predicted molar refractivity (Wildman–Crippen MR) is 84.3 cm³/mol. The van der Waals surface area contributed by atoms with E-state index in [9.17, 15) is 14.4 Å². The quantitative estimate of drug-likeness (QED) is 0.261. The Morgan fingerprint density at radius 2 is 2.17 bits per heavy atom. The monoisotopic (exact) mass is 327 g/mol. The molecule has 1 amide bonds. The minimum Gasteiger partial charge on any atom is -0.471 e. The predicted octanol–water partition coefficient (Wildman–Crippen LogP) is 1.72. The number of allylic oxidation sites excluding steroid dienone is 1. The molecule has 2 aliphatic rings. The number of fused-ring (bicyclic) bond motifs is 1. The average molecular weight is 327 g/mol. The molecule has 2 saturated heterocycles. The van der Waals surface area contributed by atoms with E-state index in [1.54, 1.807) is 0 Å². The van der Waals surface area contributed by atoms with Crippen molar-refractivity contribution < 1.29 is 23.9 Å². The number of carbonyl (C=O) groups excluding carboxylic acids is 3. The lowest BCUT2D eigenvalue weighted by molar-refractivity contribution is -0.174. The lowest BCUT2D eigenvalue weighted by Crippen LogP contribution is -2.62. The summed E-state index contributed by atoms with van der Waals surface area (Å²) in [5.41, 5.74) is -0.622. The summed E-state index contributed by atoms with van der Waals surface area (Å²) in [6.45, 7) is 3.73. The Kier molecular flexibility index (Phi) is 4.20. The maximum Gasteiger partial charge on any atom is 0.340 e. The van der Waals surface area contributed by atoms with Crippen molar-refractivity contribution in [3.8, 4) is 0 Å². The van der Waals surface area contributed by atoms with Crippen molar-refractivity contribution in [3.63, 3.8) is 0 Å². The van der Waals surface area contributed by atoms with E-state index in [2.05, 4.69) is 6.58 Å². The van der Waals surface area contributed by atoms with E-state index in [1.807, 2.05) is 30.3 Å². The van der Waals surface area contributed by atoms with Gasteiger partial charge in [0.05, 0.1) is 6.42 Å². The molecule has 124 valence electrons. The van der Waals surface area contributed by atoms with Gasteiger partial charge in [-0.15, -0.1) is 6.58 Å². The lowest BCUT2D eigenvalue weighted by Gasteiger charge is -2.40. The number of hydrogen-bond acceptors (Lipinski definition) is 5. The number of nitrogens with zero attached hydrogens (tertiary/aromatic N) is 1. The largest absolute Gasteiger partial charge is 0.471 e. The highest BCUT2D eigenvalue weighted by Crippen LogP contribution is 2.46. The first-order valence-corrected chi connectivity index (χ1v) is 7.60. The van der Waals surface area contributed by atoms with Crippen LogP contribution < -0.4 is 0 Å². The first kappa shape index (κ1) is 16.0. The van der Waals surface area contributed by atoms with Gasteiger partial charge in [0, 0.05) is 12.5 Å². The second-order valence-electron chi connectivity index (χ2n) is 5.62. The lowest BCUT2D eigenvalue weighted by atomic mass is 9.88. The van der Waals surface area contributed by atoms with Gasteiger partial charge in [-0.3, -0.25) is 14.5 Å². The first-order chi connectivity index (χ1) is 11.6. The molecule has 1 aromatic rings. The summed E-state index contributed by atoms with van der Waals surface area (Å²) in [7, 11) is 0. The molecular weight excluding hydrogens is 310 g/mol. The van der Waals surface area contributed by atoms with Gasteiger partial charge in [0.1, 0.15) is 18.7 Å². The minimum absolute atomic E-state index is 0.0691. The van der Waals surface area contributed by atoms with Gasteiger partial charge in [0.25, 0.3) is 0 Å². The second-order valence-corrected chi connectivity index (χ2v) is 5.62. The summed E-state index contributed by atoms with van der Waals surface area (Å²) in [6, 6.07) is 9.21. The van der Waals surface area contributed by atoms with Crippen molar-refractivity contribution in [1.82, 2.24) is 4.90 Å². The molecule has 0 aromatic heterocycles. The molecule has 6 nitrogen and oxygen atoms in total. The zero-order valence-electron chi connectivity index (χ0n) is 13.0. The van der Waals surface area contributed by atoms with Crippen molar-refractivity contribution in [3.05, 3.63) is 60.4 Å². The van der Waals surface area contributed by atoms with Crippen LogP contribution in [0, 0.1) is 0 Å². The molecule has 1 aromatic carbocycles. The van der Waals surface area contributed by atoms with Gasteiger partial charge in [0.15, 0.2) is 6.23 Å². The fourth-order valence-electron chi connectivity index (χ4n) is 3.07. The number of hydrogen-bond donors (Lipinski definition) is 0. The summed E-state index contributed by atoms with van der Waals surface area (Å²) >= 11 is 0. The zero-order valence-corrected chi connectivity index (χ0v) is 13.0. The van der Waals surface area contributed by atoms with Crippen molar-refractivity contribution in [2.24, 2.45) is 0 Å². The van der Waals surface area contributed by atoms with Crippen molar-refractivity contribution in [2.45, 2.75) is 31.2 Å². The van der Waals surface area contributed by atoms with Crippen LogP contribution in [0.1, 0.15) is 18.4 Å². The third-order valence-corrected chi connectivity index (χ3v) is 4.20. The van der Waals surface area contributed by atoms with Gasteiger partial charge in [0.2, 0.25) is 11.4 Å². The molecule has 0 N–H and O–H groups in total. The number of carbonyl (C=O) groups is 3. The summed E-state index contributed by atoms with van der Waals surface area (Å²) in [5, 5.41) is 0. The van der Waals surface area contributed by atoms with Crippen LogP contribution >= 0.6 is 0 Å². The minimum atomic E-state index is -1.45. The van der Waals surface area contributed by atoms with Gasteiger partial charge in [-0.25, -0.2) is 4.79 Å². The highest BCUT2D eigenvalue weighted by molar-refractivity contribution is 5.96. The maximum atomic E-state index is 12.9. The highest BCUT2D eigenvalue weighted by Gasteiger charge is 2.64. The third-order valence-electron chi connectivity index (χ3n) is 4.20. The van der Waals surface area contributed by atoms with Crippen LogP contribution in [0.2, 0.25) is 0 Å². The van der Waals surface area contributed by atoms with E-state index >= 15 is 0 Å². The van der Waals surface area contributed by atoms with Crippen molar-refractivity contribution in [1.29, 1.82) is 0 Å². The summed E-state index contributed by atoms with van der Waals surface area (Å²) in [4.78, 5) is 37.1. The van der Waals surface area contributed by atoms with Gasteiger partial charge in [-0.1, -0.05) is 36.4 Å². The van der Waals surface area contributed by atoms with E-state index < -0.39 is 17.7 Å². The van der Waals surface area contributed by atoms with E-state index in [1.165, 1.54) is 17.1 Å². The normalized spacial score (nSPS) is 26.3. The number of ether oxygens (including phenoxy) is 2. The Bertz CT molecular complexity index is 711. The summed E-state index contributed by atoms with van der Waals surface area (Å²) < 4.78 is 11.0. The maximum absolute atomic E-state index is 12.9. The SMILES string of the molecule is C=CCC1(C(=O)OCc2ccccc2)/C(=C/C=O)O[C@@H]2CC(=O)N21. The Morgan fingerprint density at radius 1 is 1.42 bits per heavy atom. The smallest absolute Gasteiger partial charge is 0.340 e. The Labute approximate surface area is 139 Å². The molecular formula is C18H17NO5. The topological polar surface area (TPSA) is 72.9 Å². The molecule has 3 rings (SSSR count). The van der Waals surface area contributed by atoms with E-state index in [-0.39, 0.29) is 31.1 Å². The molecule has 6 heteroatoms. The summed E-state index contributed by atoms with van der Waals surface area (Å²) in [5.74, 6) is -0.714. The molecule has 0 saturated carbocycles. The van der Waals surface area contributed by atoms with Gasteiger partial charge < -0.3 is 9.47 Å². The fraction of sp³-hybridized carbons (Fsp3) is 0.278. The number of benzene rings is 1. The third kappa shape index (κ3) is 2.40. The van der Waals surface area contributed by atoms with Crippen LogP contribution in [0.4, 0.5) is 0 Å². The molecule has 0 bridgehead atoms. The standard InChI is InChI=1S/C18H17NO5/c1-2-9-18(17(22)23-12-13-6-4-3-5-7-13)14(8-10-20)24-16-11-15(21)19(16)18/h2-8,10,16H,1,9,11-12H2/b14-8-/t16-,18?/m1/s1. The highest BCUT2D eigenvalue weighted by atomic mass is 16.6. The van der Waals surface area contributed by atoms with Gasteiger partial charge >= 0.3 is 5.97 Å². The van der Waals surface area contributed by atoms with Gasteiger partial charge in [-0.05, 0) is 5.56 Å². The van der Waals surface area contributed by atoms with Crippen LogP contribution in [-0.2, 0) is 30.5 Å². The average Bonchev–Trinajstić information content (AvgIpc) is 2.83. The number of β-lactam (4-membered cyclic amide) rings is 1. The number of aldehydes is 1. The number of rotatable bonds is 6. The van der Waals surface area contributed by atoms with Crippen LogP contribution in [0.15, 0.2) is 54.8 Å². The van der Waals surface area contributed by atoms with Crippen LogP contribution in [0.3, 0.4) is 0 Å². The van der Waals surface area contributed by atoms with Crippen LogP contribution in [0.5, 0.6) is 0 Å². The van der Waals surface area contributed by atoms with Crippen molar-refractivity contribution in [2.75, 3.05) is 0 Å². The van der Waals surface area contributed by atoms with Crippen LogP contribution in [-0.4, -0.2) is 34.8 Å². The van der Waals surface area contributed by atoms with E-state index in [0.29, 0.717) is 6.29 Å². The zero-order chi connectivity index (χ0) is 17.2. The Balaban J connectivity index is 1.89. The molecule has 0 radical (unpaired) electrons. The first-order valence-electron chi connectivity index (χ1n) is 7.60. The van der Waals surface area contributed by atoms with Gasteiger partial charge in [-0.2, -0.15) is 0 Å². The Hall–Kier alpha value is -2.89. The summed E-state index contributed by atoms with van der Waals surface area (Å²) in [6.07, 6.45) is 2.98. The molecule has 24 heavy (non-hydrogen) atoms. The van der Waals surface area contributed by atoms with Crippen molar-refractivity contribution >= 4 is 18.2 Å².